The summed E-state index contributed by atoms with van der Waals surface area (Å²) in [6.45, 7) is 5.62. The van der Waals surface area contributed by atoms with E-state index in [2.05, 4.69) is 5.48 Å². The van der Waals surface area contributed by atoms with E-state index in [0.717, 1.165) is 0 Å². The first kappa shape index (κ1) is 19.6. The van der Waals surface area contributed by atoms with Gasteiger partial charge in [-0.2, -0.15) is 5.48 Å². The van der Waals surface area contributed by atoms with Crippen LogP contribution in [0.15, 0.2) is 24.3 Å². The Kier molecular flexibility index (Phi) is 6.48. The summed E-state index contributed by atoms with van der Waals surface area (Å²) in [6.07, 6.45) is -0.278. The Bertz CT molecular complexity index is 587. The number of fused-ring (bicyclic) bond motifs is 1. The third-order valence-electron chi connectivity index (χ3n) is 3.06. The van der Waals surface area contributed by atoms with Crippen molar-refractivity contribution in [3.63, 3.8) is 0 Å². The van der Waals surface area contributed by atoms with Crippen LogP contribution in [0.3, 0.4) is 0 Å². The van der Waals surface area contributed by atoms with Crippen LogP contribution in [0.1, 0.15) is 55.3 Å². The number of hydrogen-bond acceptors (Lipinski definition) is 5. The lowest BCUT2D eigenvalue weighted by Gasteiger charge is -2.19. The van der Waals surface area contributed by atoms with Crippen LogP contribution >= 0.6 is 0 Å². The molecule has 24 heavy (non-hydrogen) atoms. The zero-order valence-corrected chi connectivity index (χ0v) is 13.4. The molecule has 1 aliphatic rings. The summed E-state index contributed by atoms with van der Waals surface area (Å²) in [5, 5.41) is 0. The first-order chi connectivity index (χ1) is 10.8. The lowest BCUT2D eigenvalue weighted by Crippen LogP contribution is -2.34. The highest BCUT2D eigenvalue weighted by atomic mass is 16.7. The second-order valence-electron chi connectivity index (χ2n) is 6.11. The zero-order chi connectivity index (χ0) is 17.0. The van der Waals surface area contributed by atoms with Gasteiger partial charge in [0, 0.05) is 6.54 Å². The first-order valence-corrected chi connectivity index (χ1v) is 7.35. The molecule has 0 radical (unpaired) electrons. The number of imide groups is 1. The Hall–Kier alpha value is -2.41. The minimum absolute atomic E-state index is 0. The molecular weight excluding hydrogens is 312 g/mol. The molecule has 1 aromatic rings. The third-order valence-corrected chi connectivity index (χ3v) is 3.06. The van der Waals surface area contributed by atoms with Gasteiger partial charge in [0.05, 0.1) is 17.7 Å². The highest BCUT2D eigenvalue weighted by molar-refractivity contribution is 6.21. The quantitative estimate of drug-likeness (QED) is 0.508. The van der Waals surface area contributed by atoms with E-state index in [1.807, 2.05) is 0 Å². The molecule has 0 saturated carbocycles. The molecule has 1 heterocycles. The Morgan fingerprint density at radius 2 is 1.67 bits per heavy atom. The summed E-state index contributed by atoms with van der Waals surface area (Å²) in [7, 11) is 0. The number of nitrogens with zero attached hydrogens (tertiary/aromatic N) is 1. The molecule has 0 spiro atoms. The lowest BCUT2D eigenvalue weighted by atomic mass is 10.1. The van der Waals surface area contributed by atoms with Crippen molar-refractivity contribution in [2.45, 2.75) is 40.2 Å². The predicted octanol–water partition coefficient (Wildman–Crippen LogP) is 2.77. The number of rotatable bonds is 5. The molecular formula is C17H24N2O5. The van der Waals surface area contributed by atoms with Gasteiger partial charge >= 0.3 is 6.09 Å². The van der Waals surface area contributed by atoms with E-state index in [1.165, 1.54) is 4.90 Å². The van der Waals surface area contributed by atoms with Crippen molar-refractivity contribution in [1.82, 2.24) is 10.4 Å². The van der Waals surface area contributed by atoms with Gasteiger partial charge in [-0.1, -0.05) is 19.6 Å². The minimum Gasteiger partial charge on any atom is -0.442 e. The zero-order valence-electron chi connectivity index (χ0n) is 13.4. The molecule has 0 saturated heterocycles. The highest BCUT2D eigenvalue weighted by Gasteiger charge is 2.34. The van der Waals surface area contributed by atoms with Crippen molar-refractivity contribution in [3.05, 3.63) is 35.4 Å². The number of nitrogens with one attached hydrogen (secondary N) is 1. The van der Waals surface area contributed by atoms with Crippen molar-refractivity contribution in [2.75, 3.05) is 13.2 Å². The molecule has 7 heteroatoms. The maximum Gasteiger partial charge on any atom is 0.431 e. The monoisotopic (exact) mass is 336 g/mol. The standard InChI is InChI=1S/C16H20N2O5.CH4/c1-16(2,3)23-15(21)17-22-10-6-9-18-13(19)11-7-4-5-8-12(11)14(18)20;/h4-5,7-8H,6,9-10H2,1-3H3,(H,17,21);1H4. The maximum absolute atomic E-state index is 12.1. The van der Waals surface area contributed by atoms with E-state index in [1.54, 1.807) is 45.0 Å². The number of benzene rings is 1. The second-order valence-corrected chi connectivity index (χ2v) is 6.11. The van der Waals surface area contributed by atoms with Crippen molar-refractivity contribution in [1.29, 1.82) is 0 Å². The van der Waals surface area contributed by atoms with Gasteiger partial charge in [0.1, 0.15) is 5.60 Å². The van der Waals surface area contributed by atoms with Gasteiger partial charge in [-0.05, 0) is 39.3 Å². The van der Waals surface area contributed by atoms with E-state index < -0.39 is 11.7 Å². The van der Waals surface area contributed by atoms with Crippen LogP contribution in [-0.2, 0) is 9.57 Å². The Balaban J connectivity index is 0.00000288. The fraction of sp³-hybridized carbons (Fsp3) is 0.471. The number of amides is 3. The molecule has 1 aromatic carbocycles. The van der Waals surface area contributed by atoms with E-state index in [-0.39, 0.29) is 32.4 Å². The second kappa shape index (κ2) is 7.92. The van der Waals surface area contributed by atoms with Gasteiger partial charge in [-0.25, -0.2) is 4.79 Å². The Labute approximate surface area is 141 Å². The first-order valence-electron chi connectivity index (χ1n) is 7.35. The van der Waals surface area contributed by atoms with Crippen molar-refractivity contribution < 1.29 is 24.0 Å². The average molecular weight is 336 g/mol. The number of carbonyl (C=O) groups is 3. The molecule has 0 fully saturated rings. The number of hydroxylamine groups is 1. The molecule has 3 amide bonds. The van der Waals surface area contributed by atoms with Crippen molar-refractivity contribution in [2.24, 2.45) is 0 Å². The average Bonchev–Trinajstić information content (AvgIpc) is 2.70. The van der Waals surface area contributed by atoms with E-state index in [0.29, 0.717) is 17.5 Å². The fourth-order valence-electron chi connectivity index (χ4n) is 2.15. The van der Waals surface area contributed by atoms with Gasteiger partial charge in [0.2, 0.25) is 0 Å². The molecule has 0 aromatic heterocycles. The molecule has 1 N–H and O–H groups in total. The lowest BCUT2D eigenvalue weighted by molar-refractivity contribution is -0.00938. The molecule has 2 rings (SSSR count). The summed E-state index contributed by atoms with van der Waals surface area (Å²) in [5.41, 5.74) is 2.39. The Morgan fingerprint density at radius 3 is 2.17 bits per heavy atom. The van der Waals surface area contributed by atoms with Gasteiger partial charge in [-0.15, -0.1) is 0 Å². The molecule has 132 valence electrons. The summed E-state index contributed by atoms with van der Waals surface area (Å²) >= 11 is 0. The van der Waals surface area contributed by atoms with Gasteiger partial charge < -0.3 is 4.74 Å². The SMILES string of the molecule is C.CC(C)(C)OC(=O)NOCCCN1C(=O)c2ccccc2C1=O. The molecule has 0 unspecified atom stereocenters. The predicted molar refractivity (Wildman–Crippen MR) is 88.5 cm³/mol. The van der Waals surface area contributed by atoms with Crippen molar-refractivity contribution in [3.8, 4) is 0 Å². The normalized spacial score (nSPS) is 13.4. The smallest absolute Gasteiger partial charge is 0.431 e. The highest BCUT2D eigenvalue weighted by Crippen LogP contribution is 2.22. The van der Waals surface area contributed by atoms with E-state index in [4.69, 9.17) is 9.57 Å². The summed E-state index contributed by atoms with van der Waals surface area (Å²) in [4.78, 5) is 41.7. The van der Waals surface area contributed by atoms with Crippen molar-refractivity contribution >= 4 is 17.9 Å². The molecule has 1 aliphatic heterocycles. The molecule has 0 atom stereocenters. The van der Waals surface area contributed by atoms with Crippen LogP contribution in [0.2, 0.25) is 0 Å². The minimum atomic E-state index is -0.682. The number of hydrogen-bond donors (Lipinski definition) is 1. The summed E-state index contributed by atoms with van der Waals surface area (Å²) in [5.74, 6) is -0.601. The van der Waals surface area contributed by atoms with Crippen LogP contribution in [0.4, 0.5) is 4.79 Å². The Morgan fingerprint density at radius 1 is 1.12 bits per heavy atom. The summed E-state index contributed by atoms with van der Waals surface area (Å²) in [6, 6.07) is 6.72. The van der Waals surface area contributed by atoms with Crippen LogP contribution in [0.5, 0.6) is 0 Å². The van der Waals surface area contributed by atoms with E-state index in [9.17, 15) is 14.4 Å². The van der Waals surface area contributed by atoms with Crippen LogP contribution in [-0.4, -0.2) is 41.6 Å². The molecule has 0 bridgehead atoms. The summed E-state index contributed by atoms with van der Waals surface area (Å²) < 4.78 is 5.00. The van der Waals surface area contributed by atoms with Crippen LogP contribution in [0, 0.1) is 0 Å². The topological polar surface area (TPSA) is 84.9 Å². The maximum atomic E-state index is 12.1. The van der Waals surface area contributed by atoms with Crippen LogP contribution < -0.4 is 5.48 Å². The third kappa shape index (κ3) is 4.79. The number of ether oxygens (including phenoxy) is 1. The largest absolute Gasteiger partial charge is 0.442 e. The fourth-order valence-corrected chi connectivity index (χ4v) is 2.15. The van der Waals surface area contributed by atoms with Gasteiger partial charge in [0.15, 0.2) is 0 Å². The molecule has 0 aliphatic carbocycles. The number of carbonyl (C=O) groups excluding carboxylic acids is 3. The van der Waals surface area contributed by atoms with E-state index >= 15 is 0 Å². The molecule has 7 nitrogen and oxygen atoms in total. The van der Waals surface area contributed by atoms with Gasteiger partial charge in [-0.3, -0.25) is 19.3 Å². The van der Waals surface area contributed by atoms with Crippen LogP contribution in [0.25, 0.3) is 0 Å². The van der Waals surface area contributed by atoms with Gasteiger partial charge in [0.25, 0.3) is 11.8 Å².